The Morgan fingerprint density at radius 2 is 2.44 bits per heavy atom. The van der Waals surface area contributed by atoms with Gasteiger partial charge >= 0.3 is 18.9 Å². The molecule has 0 spiro atoms. The standard InChI is InChI=1S/C7H11O.Li/c1-8-7-5-3-2-4-6-7;/h6-7H,2-3,5H2,1H3;/q-1;+1/t7-;/m0./s1. The number of rotatable bonds is 1. The maximum absolute atomic E-state index is 5.07. The minimum atomic E-state index is 0. The Morgan fingerprint density at radius 1 is 1.67 bits per heavy atom. The number of hydrogen-bond acceptors (Lipinski definition) is 1. The van der Waals surface area contributed by atoms with Crippen LogP contribution in [0.15, 0.2) is 6.08 Å². The molecule has 0 N–H and O–H groups in total. The monoisotopic (exact) mass is 118 g/mol. The van der Waals surface area contributed by atoms with E-state index in [2.05, 4.69) is 6.08 Å². The van der Waals surface area contributed by atoms with Gasteiger partial charge in [-0.3, -0.25) is 0 Å². The van der Waals surface area contributed by atoms with Gasteiger partial charge in [0, 0.05) is 13.2 Å². The van der Waals surface area contributed by atoms with E-state index in [9.17, 15) is 0 Å². The van der Waals surface area contributed by atoms with Crippen LogP contribution in [0.2, 0.25) is 0 Å². The Balaban J connectivity index is 0.000000640. The molecule has 0 saturated carbocycles. The van der Waals surface area contributed by atoms with Crippen LogP contribution >= 0.6 is 0 Å². The first-order valence-electron chi connectivity index (χ1n) is 3.03. The van der Waals surface area contributed by atoms with Crippen LogP contribution in [0.1, 0.15) is 19.3 Å². The largest absolute Gasteiger partial charge is 1.00 e. The fraction of sp³-hybridized carbons (Fsp3) is 0.714. The van der Waals surface area contributed by atoms with Gasteiger partial charge in [0.1, 0.15) is 0 Å². The van der Waals surface area contributed by atoms with E-state index in [1.807, 2.05) is 6.08 Å². The van der Waals surface area contributed by atoms with E-state index in [1.54, 1.807) is 7.11 Å². The normalized spacial score (nSPS) is 25.2. The van der Waals surface area contributed by atoms with Crippen LogP contribution in [0, 0.1) is 6.08 Å². The molecule has 0 heterocycles. The SMILES string of the molecule is CO[C@@H]1C=[C-]CCC1.[Li+]. The fourth-order valence-electron chi connectivity index (χ4n) is 0.889. The second-order valence-electron chi connectivity index (χ2n) is 2.04. The third kappa shape index (κ3) is 3.10. The molecule has 0 unspecified atom stereocenters. The molecule has 0 aliphatic heterocycles. The van der Waals surface area contributed by atoms with Crippen LogP contribution in [0.5, 0.6) is 0 Å². The van der Waals surface area contributed by atoms with Crippen LogP contribution in [0.4, 0.5) is 0 Å². The summed E-state index contributed by atoms with van der Waals surface area (Å²) in [6, 6.07) is 0. The van der Waals surface area contributed by atoms with E-state index in [0.717, 1.165) is 6.42 Å². The summed E-state index contributed by atoms with van der Waals surface area (Å²) in [4.78, 5) is 0. The first-order chi connectivity index (χ1) is 3.93. The molecule has 0 aromatic heterocycles. The van der Waals surface area contributed by atoms with Crippen LogP contribution < -0.4 is 18.9 Å². The van der Waals surface area contributed by atoms with Gasteiger partial charge in [-0.25, -0.2) is 6.08 Å². The van der Waals surface area contributed by atoms with Crippen LogP contribution in [-0.4, -0.2) is 13.2 Å². The topological polar surface area (TPSA) is 9.23 Å². The van der Waals surface area contributed by atoms with E-state index >= 15 is 0 Å². The Kier molecular flexibility index (Phi) is 5.28. The van der Waals surface area contributed by atoms with Crippen molar-refractivity contribution in [2.75, 3.05) is 7.11 Å². The molecule has 0 amide bonds. The third-order valence-corrected chi connectivity index (χ3v) is 1.42. The first-order valence-corrected chi connectivity index (χ1v) is 3.03. The molecule has 2 heteroatoms. The number of allylic oxidation sites excluding steroid dienone is 1. The van der Waals surface area contributed by atoms with Crippen molar-refractivity contribution in [3.63, 3.8) is 0 Å². The third-order valence-electron chi connectivity index (χ3n) is 1.42. The van der Waals surface area contributed by atoms with E-state index < -0.39 is 0 Å². The van der Waals surface area contributed by atoms with Gasteiger partial charge < -0.3 is 10.8 Å². The Hall–Kier alpha value is 0.297. The summed E-state index contributed by atoms with van der Waals surface area (Å²) in [5.41, 5.74) is 0. The summed E-state index contributed by atoms with van der Waals surface area (Å²) in [5.74, 6) is 0. The molecular weight excluding hydrogens is 107 g/mol. The zero-order valence-electron chi connectivity index (χ0n) is 6.18. The molecule has 0 saturated heterocycles. The van der Waals surface area contributed by atoms with Crippen molar-refractivity contribution < 1.29 is 23.6 Å². The Morgan fingerprint density at radius 3 is 2.78 bits per heavy atom. The van der Waals surface area contributed by atoms with Crippen molar-refractivity contribution in [3.05, 3.63) is 12.2 Å². The van der Waals surface area contributed by atoms with Crippen molar-refractivity contribution in [1.82, 2.24) is 0 Å². The van der Waals surface area contributed by atoms with E-state index in [0.29, 0.717) is 6.10 Å². The smallest absolute Gasteiger partial charge is 0.498 e. The molecule has 1 aliphatic rings. The zero-order chi connectivity index (χ0) is 5.82. The molecule has 1 atom stereocenters. The van der Waals surface area contributed by atoms with E-state index in [1.165, 1.54) is 12.8 Å². The van der Waals surface area contributed by atoms with Gasteiger partial charge in [-0.15, -0.1) is 0 Å². The second kappa shape index (κ2) is 5.11. The fourth-order valence-corrected chi connectivity index (χ4v) is 0.889. The van der Waals surface area contributed by atoms with Gasteiger partial charge in [-0.2, -0.15) is 6.42 Å². The van der Waals surface area contributed by atoms with Gasteiger partial charge in [0.15, 0.2) is 0 Å². The molecule has 1 nitrogen and oxygen atoms in total. The molecule has 0 aromatic carbocycles. The Bertz CT molecular complexity index is 90.9. The molecule has 1 rings (SSSR count). The molecule has 0 fully saturated rings. The van der Waals surface area contributed by atoms with Crippen LogP contribution in [0.25, 0.3) is 0 Å². The van der Waals surface area contributed by atoms with Crippen molar-refractivity contribution in [1.29, 1.82) is 0 Å². The molecule has 0 radical (unpaired) electrons. The van der Waals surface area contributed by atoms with Crippen molar-refractivity contribution >= 4 is 0 Å². The molecule has 46 valence electrons. The van der Waals surface area contributed by atoms with Crippen LogP contribution in [0.3, 0.4) is 0 Å². The minimum Gasteiger partial charge on any atom is -0.498 e. The van der Waals surface area contributed by atoms with Gasteiger partial charge in [0.2, 0.25) is 0 Å². The number of ether oxygens (including phenoxy) is 1. The predicted molar refractivity (Wildman–Crippen MR) is 32.5 cm³/mol. The zero-order valence-corrected chi connectivity index (χ0v) is 6.18. The van der Waals surface area contributed by atoms with Crippen molar-refractivity contribution in [3.8, 4) is 0 Å². The average Bonchev–Trinajstić information content (AvgIpc) is 1.90. The predicted octanol–water partition coefficient (Wildman–Crippen LogP) is -1.45. The first kappa shape index (κ1) is 9.30. The van der Waals surface area contributed by atoms with E-state index in [4.69, 9.17) is 4.74 Å². The van der Waals surface area contributed by atoms with Crippen molar-refractivity contribution in [2.45, 2.75) is 25.4 Å². The van der Waals surface area contributed by atoms with Crippen molar-refractivity contribution in [2.24, 2.45) is 0 Å². The van der Waals surface area contributed by atoms with Gasteiger partial charge in [0.05, 0.1) is 0 Å². The van der Waals surface area contributed by atoms with Crippen LogP contribution in [-0.2, 0) is 4.74 Å². The summed E-state index contributed by atoms with van der Waals surface area (Å²) >= 11 is 0. The van der Waals surface area contributed by atoms with E-state index in [-0.39, 0.29) is 18.9 Å². The molecule has 0 aromatic rings. The second-order valence-corrected chi connectivity index (χ2v) is 2.04. The molecule has 9 heavy (non-hydrogen) atoms. The molecular formula is C7H11LiO. The summed E-state index contributed by atoms with van der Waals surface area (Å²) in [5, 5.41) is 0. The summed E-state index contributed by atoms with van der Waals surface area (Å²) in [6.45, 7) is 0. The molecule has 1 aliphatic carbocycles. The number of hydrogen-bond donors (Lipinski definition) is 0. The average molecular weight is 118 g/mol. The van der Waals surface area contributed by atoms with Gasteiger partial charge in [-0.1, -0.05) is 6.42 Å². The summed E-state index contributed by atoms with van der Waals surface area (Å²) in [6.07, 6.45) is 9.02. The molecule has 0 bridgehead atoms. The van der Waals surface area contributed by atoms with Gasteiger partial charge in [0.25, 0.3) is 0 Å². The summed E-state index contributed by atoms with van der Waals surface area (Å²) < 4.78 is 5.07. The van der Waals surface area contributed by atoms with Gasteiger partial charge in [-0.05, 0) is 6.42 Å². The summed E-state index contributed by atoms with van der Waals surface area (Å²) in [7, 11) is 1.74. The maximum Gasteiger partial charge on any atom is 1.00 e. The maximum atomic E-state index is 5.07. The quantitative estimate of drug-likeness (QED) is 0.302. The Labute approximate surface area is 68.6 Å². The number of methoxy groups -OCH3 is 1. The minimum absolute atomic E-state index is 0.